The molecule has 0 radical (unpaired) electrons. The van der Waals surface area contributed by atoms with E-state index in [1.807, 2.05) is 0 Å². The van der Waals surface area contributed by atoms with Gasteiger partial charge >= 0.3 is 5.97 Å². The SMILES string of the molecule is CC(=O)c1ccc(N2C(=NC(=O)CCC(=O)O)S[C@@H]3CS(=O)(=O)C[C@H]32)cc1. The van der Waals surface area contributed by atoms with Crippen molar-refractivity contribution in [1.82, 2.24) is 0 Å². The summed E-state index contributed by atoms with van der Waals surface area (Å²) in [5.74, 6) is -1.76. The van der Waals surface area contributed by atoms with Crippen LogP contribution in [-0.4, -0.2) is 59.1 Å². The molecule has 8 nitrogen and oxygen atoms in total. The predicted molar refractivity (Wildman–Crippen MR) is 102 cm³/mol. The number of rotatable bonds is 5. The number of Topliss-reactive ketones (excluding diaryl/α,β-unsaturated/α-hetero) is 1. The summed E-state index contributed by atoms with van der Waals surface area (Å²) in [6, 6.07) is 6.32. The molecule has 0 aliphatic carbocycles. The second-order valence-corrected chi connectivity index (χ2v) is 9.82. The van der Waals surface area contributed by atoms with E-state index in [0.29, 0.717) is 16.4 Å². The van der Waals surface area contributed by atoms with E-state index in [-0.39, 0.29) is 41.4 Å². The molecule has 2 atom stereocenters. The Hall–Kier alpha value is -2.20. The van der Waals surface area contributed by atoms with E-state index in [0.717, 1.165) is 0 Å². The normalized spacial score (nSPS) is 24.8. The topological polar surface area (TPSA) is 121 Å². The van der Waals surface area contributed by atoms with E-state index >= 15 is 0 Å². The highest BCUT2D eigenvalue weighted by Crippen LogP contribution is 2.41. The first-order chi connectivity index (χ1) is 12.7. The van der Waals surface area contributed by atoms with Gasteiger partial charge in [0.25, 0.3) is 0 Å². The van der Waals surface area contributed by atoms with Crippen LogP contribution in [0.25, 0.3) is 0 Å². The summed E-state index contributed by atoms with van der Waals surface area (Å²) < 4.78 is 24.0. The first-order valence-corrected chi connectivity index (χ1v) is 11.0. The fourth-order valence-electron chi connectivity index (χ4n) is 3.10. The number of hydrogen-bond donors (Lipinski definition) is 1. The van der Waals surface area contributed by atoms with Crippen LogP contribution in [0.15, 0.2) is 29.3 Å². The lowest BCUT2D eigenvalue weighted by molar-refractivity contribution is -0.138. The van der Waals surface area contributed by atoms with Crippen LogP contribution in [0.1, 0.15) is 30.1 Å². The van der Waals surface area contributed by atoms with E-state index in [2.05, 4.69) is 4.99 Å². The fraction of sp³-hybridized carbons (Fsp3) is 0.412. The molecule has 1 aromatic carbocycles. The lowest BCUT2D eigenvalue weighted by Crippen LogP contribution is -2.37. The van der Waals surface area contributed by atoms with E-state index in [1.54, 1.807) is 29.2 Å². The van der Waals surface area contributed by atoms with Gasteiger partial charge in [-0.1, -0.05) is 11.8 Å². The minimum absolute atomic E-state index is 0.00665. The standard InChI is InChI=1S/C17H18N2O6S2/c1-10(20)11-2-4-12(5-3-11)19-13-8-27(24,25)9-14(13)26-17(19)18-15(21)6-7-16(22)23/h2-5,13-14H,6-9H2,1H3,(H,22,23)/t13-,14-/m1/s1. The second-order valence-electron chi connectivity index (χ2n) is 6.46. The Bertz CT molecular complexity index is 923. The van der Waals surface area contributed by atoms with Crippen molar-refractivity contribution in [2.45, 2.75) is 31.1 Å². The van der Waals surface area contributed by atoms with Crippen molar-refractivity contribution < 1.29 is 27.9 Å². The molecular formula is C17H18N2O6S2. The number of benzene rings is 1. The molecule has 3 rings (SSSR count). The van der Waals surface area contributed by atoms with Crippen LogP contribution in [0, 0.1) is 0 Å². The number of carbonyl (C=O) groups excluding carboxylic acids is 2. The summed E-state index contributed by atoms with van der Waals surface area (Å²) in [6.07, 6.45) is -0.529. The minimum Gasteiger partial charge on any atom is -0.481 e. The molecule has 2 aliphatic heterocycles. The molecule has 0 bridgehead atoms. The maximum Gasteiger partial charge on any atom is 0.303 e. The Morgan fingerprint density at radius 3 is 2.44 bits per heavy atom. The Morgan fingerprint density at radius 2 is 1.85 bits per heavy atom. The minimum atomic E-state index is -3.18. The molecule has 27 heavy (non-hydrogen) atoms. The van der Waals surface area contributed by atoms with Crippen molar-refractivity contribution in [2.24, 2.45) is 4.99 Å². The largest absolute Gasteiger partial charge is 0.481 e. The first-order valence-electron chi connectivity index (χ1n) is 8.27. The summed E-state index contributed by atoms with van der Waals surface area (Å²) in [5, 5.41) is 8.83. The Morgan fingerprint density at radius 1 is 1.19 bits per heavy atom. The van der Waals surface area contributed by atoms with E-state index in [9.17, 15) is 22.8 Å². The zero-order chi connectivity index (χ0) is 19.8. The van der Waals surface area contributed by atoms with Crippen LogP contribution in [0.4, 0.5) is 5.69 Å². The molecule has 0 spiro atoms. The number of fused-ring (bicyclic) bond motifs is 1. The van der Waals surface area contributed by atoms with Crippen LogP contribution < -0.4 is 4.90 Å². The summed E-state index contributed by atoms with van der Waals surface area (Å²) in [6.45, 7) is 1.45. The summed E-state index contributed by atoms with van der Waals surface area (Å²) >= 11 is 1.22. The number of carbonyl (C=O) groups is 3. The number of carboxylic acids is 1. The predicted octanol–water partition coefficient (Wildman–Crippen LogP) is 1.36. The summed E-state index contributed by atoms with van der Waals surface area (Å²) in [7, 11) is -3.18. The van der Waals surface area contributed by atoms with Gasteiger partial charge in [-0.3, -0.25) is 14.4 Å². The van der Waals surface area contributed by atoms with Gasteiger partial charge in [-0.15, -0.1) is 0 Å². The van der Waals surface area contributed by atoms with Gasteiger partial charge in [0.2, 0.25) is 5.91 Å². The number of ketones is 1. The number of aliphatic imine (C=N–C) groups is 1. The van der Waals surface area contributed by atoms with Crippen LogP contribution in [0.2, 0.25) is 0 Å². The van der Waals surface area contributed by atoms with E-state index < -0.39 is 21.7 Å². The quantitative estimate of drug-likeness (QED) is 0.722. The van der Waals surface area contributed by atoms with Gasteiger partial charge in [0.1, 0.15) is 0 Å². The zero-order valence-electron chi connectivity index (χ0n) is 14.5. The van der Waals surface area contributed by atoms with Crippen molar-refractivity contribution in [3.63, 3.8) is 0 Å². The first kappa shape index (κ1) is 19.6. The number of anilines is 1. The van der Waals surface area contributed by atoms with Gasteiger partial charge in [0, 0.05) is 22.9 Å². The molecule has 144 valence electrons. The monoisotopic (exact) mass is 410 g/mol. The number of sulfone groups is 1. The molecule has 2 aliphatic rings. The molecule has 1 N–H and O–H groups in total. The lowest BCUT2D eigenvalue weighted by Gasteiger charge is -2.24. The number of aliphatic carboxylic acids is 1. The molecule has 1 aromatic rings. The number of thioether (sulfide) groups is 1. The number of amidine groups is 1. The van der Waals surface area contributed by atoms with Crippen molar-refractivity contribution in [3.8, 4) is 0 Å². The molecule has 10 heteroatoms. The van der Waals surface area contributed by atoms with Crippen molar-refractivity contribution >= 4 is 50.1 Å². The number of nitrogens with zero attached hydrogens (tertiary/aromatic N) is 2. The van der Waals surface area contributed by atoms with Crippen molar-refractivity contribution in [3.05, 3.63) is 29.8 Å². The summed E-state index contributed by atoms with van der Waals surface area (Å²) in [4.78, 5) is 39.9. The van der Waals surface area contributed by atoms with Gasteiger partial charge < -0.3 is 10.0 Å². The van der Waals surface area contributed by atoms with Gasteiger partial charge in [-0.2, -0.15) is 4.99 Å². The van der Waals surface area contributed by atoms with Crippen LogP contribution in [0.3, 0.4) is 0 Å². The number of hydrogen-bond acceptors (Lipinski definition) is 6. The highest BCUT2D eigenvalue weighted by molar-refractivity contribution is 8.16. The highest BCUT2D eigenvalue weighted by atomic mass is 32.2. The van der Waals surface area contributed by atoms with Crippen LogP contribution >= 0.6 is 11.8 Å². The maximum absolute atomic E-state index is 12.0. The Labute approximate surface area is 160 Å². The third kappa shape index (κ3) is 4.38. The van der Waals surface area contributed by atoms with Gasteiger partial charge in [-0.05, 0) is 31.2 Å². The molecule has 0 unspecified atom stereocenters. The Balaban J connectivity index is 1.92. The van der Waals surface area contributed by atoms with E-state index in [4.69, 9.17) is 5.11 Å². The van der Waals surface area contributed by atoms with E-state index in [1.165, 1.54) is 18.7 Å². The molecule has 2 saturated heterocycles. The van der Waals surface area contributed by atoms with Gasteiger partial charge in [-0.25, -0.2) is 8.42 Å². The van der Waals surface area contributed by atoms with Crippen molar-refractivity contribution in [2.75, 3.05) is 16.4 Å². The second kappa shape index (κ2) is 7.43. The van der Waals surface area contributed by atoms with Crippen LogP contribution in [0.5, 0.6) is 0 Å². The highest BCUT2D eigenvalue weighted by Gasteiger charge is 2.49. The lowest BCUT2D eigenvalue weighted by atomic mass is 10.1. The van der Waals surface area contributed by atoms with Gasteiger partial charge in [0.05, 0.1) is 24.0 Å². The molecule has 0 aromatic heterocycles. The number of carboxylic acid groups (broad SMARTS) is 1. The molecule has 1 amide bonds. The average Bonchev–Trinajstić information content (AvgIpc) is 3.03. The smallest absolute Gasteiger partial charge is 0.303 e. The third-order valence-corrected chi connectivity index (χ3v) is 7.60. The molecule has 2 fully saturated rings. The van der Waals surface area contributed by atoms with Gasteiger partial charge in [0.15, 0.2) is 20.8 Å². The fourth-order valence-corrected chi connectivity index (χ4v) is 7.03. The molecular weight excluding hydrogens is 392 g/mol. The third-order valence-electron chi connectivity index (χ3n) is 4.39. The van der Waals surface area contributed by atoms with Crippen LogP contribution in [-0.2, 0) is 19.4 Å². The molecule has 0 saturated carbocycles. The Kier molecular flexibility index (Phi) is 5.38. The summed E-state index contributed by atoms with van der Waals surface area (Å²) in [5.41, 5.74) is 1.17. The van der Waals surface area contributed by atoms with Crippen molar-refractivity contribution in [1.29, 1.82) is 0 Å². The zero-order valence-corrected chi connectivity index (χ0v) is 16.1. The average molecular weight is 410 g/mol. The molecule has 2 heterocycles. The maximum atomic E-state index is 12.0. The number of amides is 1.